The highest BCUT2D eigenvalue weighted by Gasteiger charge is 2.38. The molecule has 1 aliphatic heterocycles. The highest BCUT2D eigenvalue weighted by Crippen LogP contribution is 2.43. The number of hydrogen-bond donors (Lipinski definition) is 2. The zero-order valence-electron chi connectivity index (χ0n) is 17.2. The van der Waals surface area contributed by atoms with Crippen LogP contribution in [-0.4, -0.2) is 50.1 Å². The van der Waals surface area contributed by atoms with Crippen molar-refractivity contribution in [3.05, 3.63) is 29.0 Å². The number of aliphatic imine (C=N–C) groups is 1. The fourth-order valence-electron chi connectivity index (χ4n) is 4.69. The van der Waals surface area contributed by atoms with Gasteiger partial charge >= 0.3 is 0 Å². The van der Waals surface area contributed by atoms with Crippen molar-refractivity contribution >= 4 is 11.6 Å². The number of Topliss-reactive ketones (excluding diaryl/α,β-unsaturated/α-hetero) is 1. The lowest BCUT2D eigenvalue weighted by molar-refractivity contribution is -0.116. The lowest BCUT2D eigenvalue weighted by Crippen LogP contribution is -2.39. The number of carbonyl (C=O) groups is 1. The molecule has 0 saturated heterocycles. The van der Waals surface area contributed by atoms with E-state index in [0.717, 1.165) is 18.4 Å². The number of fused-ring (bicyclic) bond motifs is 1. The van der Waals surface area contributed by atoms with Crippen LogP contribution in [0.25, 0.3) is 0 Å². The van der Waals surface area contributed by atoms with Gasteiger partial charge in [0, 0.05) is 18.9 Å². The van der Waals surface area contributed by atoms with Crippen molar-refractivity contribution in [1.29, 1.82) is 0 Å². The van der Waals surface area contributed by atoms with Gasteiger partial charge in [-0.1, -0.05) is 12.8 Å². The molecule has 4 rings (SSSR count). The molecule has 0 aromatic heterocycles. The van der Waals surface area contributed by atoms with Gasteiger partial charge < -0.3 is 24.6 Å². The van der Waals surface area contributed by atoms with Crippen LogP contribution in [-0.2, 0) is 4.79 Å². The lowest BCUT2D eigenvalue weighted by Gasteiger charge is -2.26. The molecule has 3 atom stereocenters. The number of methoxy groups -OCH3 is 3. The van der Waals surface area contributed by atoms with Crippen LogP contribution >= 0.6 is 0 Å². The summed E-state index contributed by atoms with van der Waals surface area (Å²) < 4.78 is 16.2. The first kappa shape index (κ1) is 19.6. The normalized spacial score (nSPS) is 26.5. The smallest absolute Gasteiger partial charge is 0.203 e. The number of benzene rings is 1. The number of nitrogens with one attached hydrogen (secondary N) is 1. The summed E-state index contributed by atoms with van der Waals surface area (Å²) in [6.07, 6.45) is 5.12. The summed E-state index contributed by atoms with van der Waals surface area (Å²) in [5, 5.41) is 14.2. The number of ether oxygens (including phenoxy) is 3. The fraction of sp³-hybridized carbons (Fsp3) is 0.545. The third-order valence-electron chi connectivity index (χ3n) is 6.18. The highest BCUT2D eigenvalue weighted by molar-refractivity contribution is 6.23. The van der Waals surface area contributed by atoms with Gasteiger partial charge in [-0.25, -0.2) is 0 Å². The van der Waals surface area contributed by atoms with E-state index in [1.54, 1.807) is 21.3 Å². The van der Waals surface area contributed by atoms with E-state index in [1.807, 2.05) is 12.1 Å². The largest absolute Gasteiger partial charge is 0.511 e. The molecule has 29 heavy (non-hydrogen) atoms. The number of aliphatic hydroxyl groups is 1. The van der Waals surface area contributed by atoms with Crippen LogP contribution in [0.4, 0.5) is 0 Å². The van der Waals surface area contributed by atoms with Crippen molar-refractivity contribution in [2.75, 3.05) is 21.3 Å². The van der Waals surface area contributed by atoms with Crippen LogP contribution in [0.15, 0.2) is 28.5 Å². The number of hydrogen-bond acceptors (Lipinski definition) is 7. The zero-order chi connectivity index (χ0) is 20.5. The van der Waals surface area contributed by atoms with E-state index in [2.05, 4.69) is 5.32 Å². The van der Waals surface area contributed by atoms with Crippen molar-refractivity contribution in [3.63, 3.8) is 0 Å². The van der Waals surface area contributed by atoms with Crippen molar-refractivity contribution in [3.8, 4) is 17.2 Å². The molecule has 3 unspecified atom stereocenters. The Labute approximate surface area is 170 Å². The van der Waals surface area contributed by atoms with Gasteiger partial charge in [0.1, 0.15) is 11.6 Å². The Balaban J connectivity index is 1.62. The Bertz CT molecular complexity index is 851. The summed E-state index contributed by atoms with van der Waals surface area (Å²) >= 11 is 0. The molecule has 0 radical (unpaired) electrons. The SMILES string of the molecule is COc1cc(C2CC(=O)C(C3=NC4CCCCC4N3)=C(O)C2)cc(OC)c1OC. The number of amidine groups is 1. The molecule has 1 fully saturated rings. The van der Waals surface area contributed by atoms with Gasteiger partial charge in [0.2, 0.25) is 5.75 Å². The third-order valence-corrected chi connectivity index (χ3v) is 6.18. The Hall–Kier alpha value is -2.70. The highest BCUT2D eigenvalue weighted by atomic mass is 16.5. The minimum atomic E-state index is -0.163. The van der Waals surface area contributed by atoms with Gasteiger partial charge in [0.25, 0.3) is 0 Å². The molecule has 7 heteroatoms. The first-order chi connectivity index (χ1) is 14.0. The van der Waals surface area contributed by atoms with Crippen molar-refractivity contribution in [2.24, 2.45) is 4.99 Å². The molecule has 156 valence electrons. The van der Waals surface area contributed by atoms with Crippen LogP contribution in [0.2, 0.25) is 0 Å². The molecular formula is C22H28N2O5. The van der Waals surface area contributed by atoms with Crippen LogP contribution in [0.3, 0.4) is 0 Å². The Morgan fingerprint density at radius 1 is 1.03 bits per heavy atom. The molecule has 3 aliphatic rings. The summed E-state index contributed by atoms with van der Waals surface area (Å²) in [4.78, 5) is 17.7. The van der Waals surface area contributed by atoms with Crippen molar-refractivity contribution < 1.29 is 24.1 Å². The average molecular weight is 400 g/mol. The summed E-state index contributed by atoms with van der Waals surface area (Å²) in [7, 11) is 4.68. The summed E-state index contributed by atoms with van der Waals surface area (Å²) in [6, 6.07) is 4.20. The molecule has 0 amide bonds. The number of ketones is 1. The number of carbonyl (C=O) groups excluding carboxylic acids is 1. The van der Waals surface area contributed by atoms with E-state index in [0.29, 0.717) is 47.5 Å². The van der Waals surface area contributed by atoms with Gasteiger partial charge in [0.05, 0.1) is 32.9 Å². The second kappa shape index (κ2) is 7.97. The maximum absolute atomic E-state index is 13.0. The molecule has 1 aromatic rings. The molecule has 2 aliphatic carbocycles. The maximum atomic E-state index is 13.0. The first-order valence-corrected chi connectivity index (χ1v) is 10.2. The molecule has 1 saturated carbocycles. The molecule has 2 N–H and O–H groups in total. The minimum absolute atomic E-state index is 0.0857. The zero-order valence-corrected chi connectivity index (χ0v) is 17.2. The van der Waals surface area contributed by atoms with Gasteiger partial charge in [-0.2, -0.15) is 0 Å². The predicted octanol–water partition coefficient (Wildman–Crippen LogP) is 3.28. The fourth-order valence-corrected chi connectivity index (χ4v) is 4.69. The third kappa shape index (κ3) is 3.54. The van der Waals surface area contributed by atoms with Crippen molar-refractivity contribution in [1.82, 2.24) is 5.32 Å². The molecule has 1 aromatic carbocycles. The standard InChI is InChI=1S/C22H28N2O5/c1-27-18-10-13(11-19(28-2)21(18)29-3)12-8-16(25)20(17(26)9-12)22-23-14-6-4-5-7-15(14)24-22/h10-12,14-15,25H,4-9H2,1-3H3,(H,23,24). The summed E-state index contributed by atoms with van der Waals surface area (Å²) in [5.41, 5.74) is 1.23. The molecule has 0 spiro atoms. The van der Waals surface area contributed by atoms with Crippen LogP contribution < -0.4 is 19.5 Å². The quantitative estimate of drug-likeness (QED) is 0.788. The maximum Gasteiger partial charge on any atom is 0.203 e. The van der Waals surface area contributed by atoms with E-state index in [9.17, 15) is 9.90 Å². The lowest BCUT2D eigenvalue weighted by atomic mass is 9.82. The van der Waals surface area contributed by atoms with E-state index < -0.39 is 0 Å². The van der Waals surface area contributed by atoms with E-state index in [1.165, 1.54) is 12.8 Å². The van der Waals surface area contributed by atoms with Crippen LogP contribution in [0, 0.1) is 0 Å². The first-order valence-electron chi connectivity index (χ1n) is 10.2. The number of nitrogens with zero attached hydrogens (tertiary/aromatic N) is 1. The Kier molecular flexibility index (Phi) is 5.39. The van der Waals surface area contributed by atoms with Gasteiger partial charge in [-0.15, -0.1) is 0 Å². The van der Waals surface area contributed by atoms with Crippen molar-refractivity contribution in [2.45, 2.75) is 56.5 Å². The molecule has 1 heterocycles. The second-order valence-corrected chi connectivity index (χ2v) is 7.89. The average Bonchev–Trinajstić information content (AvgIpc) is 3.15. The second-order valence-electron chi connectivity index (χ2n) is 7.89. The Morgan fingerprint density at radius 2 is 1.72 bits per heavy atom. The monoisotopic (exact) mass is 400 g/mol. The van der Waals surface area contributed by atoms with E-state index in [4.69, 9.17) is 19.2 Å². The van der Waals surface area contributed by atoms with Crippen LogP contribution in [0.1, 0.15) is 50.0 Å². The summed E-state index contributed by atoms with van der Waals surface area (Å²) in [6.45, 7) is 0. The van der Waals surface area contributed by atoms with Crippen LogP contribution in [0.5, 0.6) is 17.2 Å². The molecule has 7 nitrogen and oxygen atoms in total. The number of rotatable bonds is 5. The van der Waals surface area contributed by atoms with E-state index in [-0.39, 0.29) is 23.5 Å². The molecule has 0 bridgehead atoms. The van der Waals surface area contributed by atoms with Gasteiger partial charge in [-0.05, 0) is 36.5 Å². The minimum Gasteiger partial charge on any atom is -0.511 e. The van der Waals surface area contributed by atoms with Gasteiger partial charge in [0.15, 0.2) is 17.3 Å². The topological polar surface area (TPSA) is 89.4 Å². The van der Waals surface area contributed by atoms with Gasteiger partial charge in [-0.3, -0.25) is 9.79 Å². The predicted molar refractivity (Wildman–Crippen MR) is 109 cm³/mol. The number of allylic oxidation sites excluding steroid dienone is 1. The summed E-state index contributed by atoms with van der Waals surface area (Å²) in [5.74, 6) is 2.01. The Morgan fingerprint density at radius 3 is 2.31 bits per heavy atom. The molecular weight excluding hydrogens is 372 g/mol. The van der Waals surface area contributed by atoms with E-state index >= 15 is 0 Å². The number of aliphatic hydroxyl groups excluding tert-OH is 1.